The Balaban J connectivity index is 1.68. The Morgan fingerprint density at radius 3 is 2.42 bits per heavy atom. The fraction of sp³-hybridized carbons (Fsp3) is 0.0667. The van der Waals surface area contributed by atoms with Gasteiger partial charge in [0.2, 0.25) is 0 Å². The van der Waals surface area contributed by atoms with Crippen LogP contribution in [0.3, 0.4) is 0 Å². The van der Waals surface area contributed by atoms with Crippen LogP contribution in [0.2, 0.25) is 0 Å². The number of benzene rings is 1. The number of hydrogen-bond donors (Lipinski definition) is 0. The lowest BCUT2D eigenvalue weighted by Gasteiger charge is -2.12. The molecule has 0 aliphatic carbocycles. The molecule has 24 heavy (non-hydrogen) atoms. The van der Waals surface area contributed by atoms with Gasteiger partial charge in [-0.05, 0) is 12.1 Å². The SMILES string of the molecule is Cn1ncc2c(C(=O)ON3C(=O)c4ccccc4C3=O)ncnc21. The minimum Gasteiger partial charge on any atom is -0.322 e. The third kappa shape index (κ3) is 1.88. The molecule has 2 aromatic heterocycles. The van der Waals surface area contributed by atoms with Gasteiger partial charge in [-0.1, -0.05) is 17.2 Å². The number of rotatable bonds is 2. The van der Waals surface area contributed by atoms with Gasteiger partial charge in [0.15, 0.2) is 11.3 Å². The highest BCUT2D eigenvalue weighted by atomic mass is 16.7. The van der Waals surface area contributed by atoms with Gasteiger partial charge in [0, 0.05) is 7.05 Å². The van der Waals surface area contributed by atoms with Crippen molar-refractivity contribution in [3.05, 3.63) is 53.6 Å². The van der Waals surface area contributed by atoms with Crippen molar-refractivity contribution in [2.75, 3.05) is 0 Å². The summed E-state index contributed by atoms with van der Waals surface area (Å²) in [7, 11) is 1.66. The van der Waals surface area contributed by atoms with Crippen LogP contribution in [0, 0.1) is 0 Å². The Hall–Kier alpha value is -3.62. The molecule has 0 saturated carbocycles. The van der Waals surface area contributed by atoms with Crippen molar-refractivity contribution < 1.29 is 19.2 Å². The van der Waals surface area contributed by atoms with Gasteiger partial charge in [-0.3, -0.25) is 14.3 Å². The Bertz CT molecular complexity index is 991. The van der Waals surface area contributed by atoms with Crippen LogP contribution in [-0.4, -0.2) is 42.6 Å². The summed E-state index contributed by atoms with van der Waals surface area (Å²) in [6.07, 6.45) is 2.59. The standard InChI is InChI=1S/C15H9N5O4/c1-19-12-10(6-18-19)11(16-7-17-12)15(23)24-20-13(21)8-4-2-3-5-9(8)14(20)22/h2-7H,1H3. The largest absolute Gasteiger partial charge is 0.383 e. The van der Waals surface area contributed by atoms with E-state index in [9.17, 15) is 14.4 Å². The number of hydroxylamine groups is 2. The fourth-order valence-corrected chi connectivity index (χ4v) is 2.50. The molecule has 1 aliphatic heterocycles. The molecule has 9 nitrogen and oxygen atoms in total. The van der Waals surface area contributed by atoms with E-state index < -0.39 is 17.8 Å². The van der Waals surface area contributed by atoms with E-state index in [1.807, 2.05) is 0 Å². The predicted octanol–water partition coefficient (Wildman–Crippen LogP) is 0.731. The van der Waals surface area contributed by atoms with Crippen molar-refractivity contribution in [1.82, 2.24) is 24.8 Å². The first-order chi connectivity index (χ1) is 11.6. The molecular formula is C15H9N5O4. The second kappa shape index (κ2) is 4.95. The highest BCUT2D eigenvalue weighted by Gasteiger charge is 2.39. The van der Waals surface area contributed by atoms with Crippen LogP contribution < -0.4 is 0 Å². The highest BCUT2D eigenvalue weighted by Crippen LogP contribution is 2.24. The summed E-state index contributed by atoms with van der Waals surface area (Å²) in [5, 5.41) is 4.80. The Morgan fingerprint density at radius 1 is 1.08 bits per heavy atom. The van der Waals surface area contributed by atoms with Crippen LogP contribution in [0.4, 0.5) is 0 Å². The zero-order chi connectivity index (χ0) is 16.8. The quantitative estimate of drug-likeness (QED) is 0.640. The molecule has 0 atom stereocenters. The van der Waals surface area contributed by atoms with E-state index in [-0.39, 0.29) is 16.8 Å². The Morgan fingerprint density at radius 2 is 1.75 bits per heavy atom. The van der Waals surface area contributed by atoms with Gasteiger partial charge >= 0.3 is 5.97 Å². The van der Waals surface area contributed by atoms with Crippen molar-refractivity contribution >= 4 is 28.8 Å². The van der Waals surface area contributed by atoms with Gasteiger partial charge in [0.05, 0.1) is 22.7 Å². The molecule has 4 rings (SSSR count). The fourth-order valence-electron chi connectivity index (χ4n) is 2.50. The number of fused-ring (bicyclic) bond motifs is 2. The van der Waals surface area contributed by atoms with Gasteiger partial charge in [-0.2, -0.15) is 5.10 Å². The van der Waals surface area contributed by atoms with Crippen LogP contribution in [0.1, 0.15) is 31.2 Å². The molecule has 1 aliphatic rings. The van der Waals surface area contributed by atoms with E-state index in [0.717, 1.165) is 0 Å². The molecule has 3 heterocycles. The third-order valence-electron chi connectivity index (χ3n) is 3.65. The number of imide groups is 1. The molecular weight excluding hydrogens is 314 g/mol. The minimum absolute atomic E-state index is 0.0790. The Kier molecular flexibility index (Phi) is 2.89. The molecule has 0 saturated heterocycles. The third-order valence-corrected chi connectivity index (χ3v) is 3.65. The number of carbonyl (C=O) groups is 3. The molecule has 2 amide bonds. The molecule has 9 heteroatoms. The van der Waals surface area contributed by atoms with E-state index in [2.05, 4.69) is 15.1 Å². The maximum Gasteiger partial charge on any atom is 0.383 e. The number of aromatic nitrogens is 4. The topological polar surface area (TPSA) is 107 Å². The lowest BCUT2D eigenvalue weighted by atomic mass is 10.1. The molecule has 118 valence electrons. The summed E-state index contributed by atoms with van der Waals surface area (Å²) in [4.78, 5) is 49.7. The molecule has 0 spiro atoms. The summed E-state index contributed by atoms with van der Waals surface area (Å²) < 4.78 is 1.47. The average Bonchev–Trinajstić information content (AvgIpc) is 3.09. The maximum atomic E-state index is 12.4. The van der Waals surface area contributed by atoms with Crippen LogP contribution in [-0.2, 0) is 11.9 Å². The van der Waals surface area contributed by atoms with Crippen LogP contribution >= 0.6 is 0 Å². The molecule has 0 bridgehead atoms. The lowest BCUT2D eigenvalue weighted by molar-refractivity contribution is -0.0587. The van der Waals surface area contributed by atoms with E-state index >= 15 is 0 Å². The van der Waals surface area contributed by atoms with Gasteiger partial charge in [0.1, 0.15) is 6.33 Å². The monoisotopic (exact) mass is 323 g/mol. The minimum atomic E-state index is -0.940. The first kappa shape index (κ1) is 14.0. The predicted molar refractivity (Wildman–Crippen MR) is 78.7 cm³/mol. The Labute approximate surface area is 134 Å². The van der Waals surface area contributed by atoms with Crippen LogP contribution in [0.15, 0.2) is 36.8 Å². The lowest BCUT2D eigenvalue weighted by Crippen LogP contribution is -2.33. The second-order valence-corrected chi connectivity index (χ2v) is 5.06. The van der Waals surface area contributed by atoms with Crippen molar-refractivity contribution in [3.63, 3.8) is 0 Å². The zero-order valence-corrected chi connectivity index (χ0v) is 12.3. The number of hydrogen-bond acceptors (Lipinski definition) is 7. The maximum absolute atomic E-state index is 12.4. The molecule has 1 aromatic carbocycles. The van der Waals surface area contributed by atoms with Crippen molar-refractivity contribution in [2.45, 2.75) is 0 Å². The van der Waals surface area contributed by atoms with Crippen LogP contribution in [0.25, 0.3) is 11.0 Å². The number of nitrogens with zero attached hydrogens (tertiary/aromatic N) is 5. The molecule has 3 aromatic rings. The van der Waals surface area contributed by atoms with Gasteiger partial charge in [0.25, 0.3) is 11.8 Å². The van der Waals surface area contributed by atoms with Crippen molar-refractivity contribution in [1.29, 1.82) is 0 Å². The average molecular weight is 323 g/mol. The normalized spacial score (nSPS) is 13.5. The number of carbonyl (C=O) groups excluding carboxylic acids is 3. The second-order valence-electron chi connectivity index (χ2n) is 5.06. The highest BCUT2D eigenvalue weighted by molar-refractivity contribution is 6.21. The smallest absolute Gasteiger partial charge is 0.322 e. The molecule has 0 unspecified atom stereocenters. The zero-order valence-electron chi connectivity index (χ0n) is 12.3. The molecule has 0 radical (unpaired) electrons. The van der Waals surface area contributed by atoms with E-state index in [1.165, 1.54) is 29.3 Å². The van der Waals surface area contributed by atoms with Gasteiger partial charge in [-0.15, -0.1) is 0 Å². The number of amides is 2. The van der Waals surface area contributed by atoms with E-state index in [0.29, 0.717) is 16.1 Å². The molecule has 0 N–H and O–H groups in total. The van der Waals surface area contributed by atoms with Crippen molar-refractivity contribution in [3.8, 4) is 0 Å². The van der Waals surface area contributed by atoms with Crippen molar-refractivity contribution in [2.24, 2.45) is 7.05 Å². The van der Waals surface area contributed by atoms with Crippen LogP contribution in [0.5, 0.6) is 0 Å². The summed E-state index contributed by atoms with van der Waals surface area (Å²) in [6.45, 7) is 0. The first-order valence-electron chi connectivity index (χ1n) is 6.90. The summed E-state index contributed by atoms with van der Waals surface area (Å²) >= 11 is 0. The number of aryl methyl sites for hydroxylation is 1. The van der Waals surface area contributed by atoms with E-state index in [1.54, 1.807) is 19.2 Å². The van der Waals surface area contributed by atoms with E-state index in [4.69, 9.17) is 4.84 Å². The summed E-state index contributed by atoms with van der Waals surface area (Å²) in [5.41, 5.74) is 0.720. The van der Waals surface area contributed by atoms with Gasteiger partial charge in [-0.25, -0.2) is 14.8 Å². The summed E-state index contributed by atoms with van der Waals surface area (Å²) in [6, 6.07) is 6.23. The van der Waals surface area contributed by atoms with Gasteiger partial charge < -0.3 is 4.84 Å². The molecule has 0 fully saturated rings. The first-order valence-corrected chi connectivity index (χ1v) is 6.90. The summed E-state index contributed by atoms with van der Waals surface area (Å²) in [5.74, 6) is -2.33.